The van der Waals surface area contributed by atoms with Gasteiger partial charge in [-0.15, -0.1) is 0 Å². The van der Waals surface area contributed by atoms with Crippen LogP contribution in [0.4, 0.5) is 8.78 Å². The molecule has 2 N–H and O–H groups in total. The molecule has 98 valence electrons. The number of H-pyrrole nitrogens is 1. The largest absolute Gasteiger partial charge is 0.354 e. The number of hydrogen-bond acceptors (Lipinski definition) is 1. The van der Waals surface area contributed by atoms with E-state index in [1.165, 1.54) is 5.56 Å². The first kappa shape index (κ1) is 11.7. The summed E-state index contributed by atoms with van der Waals surface area (Å²) in [5, 5.41) is 2.65. The van der Waals surface area contributed by atoms with Gasteiger partial charge in [-0.3, -0.25) is 4.79 Å². The molecule has 1 heterocycles. The van der Waals surface area contributed by atoms with Crippen LogP contribution in [0.5, 0.6) is 0 Å². The number of carbonyl (C=O) groups is 1. The van der Waals surface area contributed by atoms with E-state index in [1.54, 1.807) is 0 Å². The van der Waals surface area contributed by atoms with Crippen LogP contribution < -0.4 is 5.32 Å². The monoisotopic (exact) mass is 254 g/mol. The van der Waals surface area contributed by atoms with Gasteiger partial charge in [-0.05, 0) is 37.3 Å². The summed E-state index contributed by atoms with van der Waals surface area (Å²) in [6.45, 7) is 0. The maximum atomic E-state index is 12.7. The molecule has 0 saturated heterocycles. The van der Waals surface area contributed by atoms with Crippen molar-refractivity contribution in [1.29, 1.82) is 0 Å². The second-order valence-corrected chi connectivity index (χ2v) is 5.33. The third-order valence-electron chi connectivity index (χ3n) is 3.78. The molecule has 5 heteroatoms. The predicted molar refractivity (Wildman–Crippen MR) is 62.9 cm³/mol. The fourth-order valence-electron chi connectivity index (χ4n) is 2.75. The summed E-state index contributed by atoms with van der Waals surface area (Å²) < 4.78 is 25.3. The zero-order chi connectivity index (χ0) is 12.8. The van der Waals surface area contributed by atoms with Crippen LogP contribution >= 0.6 is 0 Å². The van der Waals surface area contributed by atoms with Crippen molar-refractivity contribution in [2.75, 3.05) is 0 Å². The van der Waals surface area contributed by atoms with Gasteiger partial charge in [0.1, 0.15) is 5.69 Å². The molecule has 0 bridgehead atoms. The fourth-order valence-corrected chi connectivity index (χ4v) is 2.75. The van der Waals surface area contributed by atoms with Crippen molar-refractivity contribution in [3.8, 4) is 0 Å². The Balaban J connectivity index is 1.64. The lowest BCUT2D eigenvalue weighted by atomic mass is 9.88. The number of amides is 1. The molecular weight excluding hydrogens is 238 g/mol. The third kappa shape index (κ3) is 2.13. The van der Waals surface area contributed by atoms with Crippen LogP contribution in [0.2, 0.25) is 0 Å². The van der Waals surface area contributed by atoms with Crippen molar-refractivity contribution in [1.82, 2.24) is 10.3 Å². The molecule has 1 fully saturated rings. The van der Waals surface area contributed by atoms with E-state index in [9.17, 15) is 13.6 Å². The standard InChI is InChI=1S/C13H16F2N2O/c14-13(15)6-9(7-13)16-12(18)11-5-8-3-1-2-4-10(8)17-11/h5,9,17H,1-4,6-7H2,(H,16,18). The number of fused-ring (bicyclic) bond motifs is 1. The van der Waals surface area contributed by atoms with Crippen molar-refractivity contribution in [3.63, 3.8) is 0 Å². The summed E-state index contributed by atoms with van der Waals surface area (Å²) in [5.74, 6) is -2.85. The number of aromatic nitrogens is 1. The highest BCUT2D eigenvalue weighted by atomic mass is 19.3. The number of aryl methyl sites for hydroxylation is 2. The maximum absolute atomic E-state index is 12.7. The average Bonchev–Trinajstić information content (AvgIpc) is 2.70. The molecule has 1 aromatic rings. The van der Waals surface area contributed by atoms with Crippen LogP contribution in [0, 0.1) is 0 Å². The van der Waals surface area contributed by atoms with E-state index >= 15 is 0 Å². The molecule has 0 aromatic carbocycles. The Hall–Kier alpha value is -1.39. The Morgan fingerprint density at radius 2 is 2.06 bits per heavy atom. The summed E-state index contributed by atoms with van der Waals surface area (Å²) in [4.78, 5) is 15.0. The molecule has 0 aliphatic heterocycles. The van der Waals surface area contributed by atoms with Gasteiger partial charge in [0.25, 0.3) is 11.8 Å². The number of halogens is 2. The zero-order valence-electron chi connectivity index (χ0n) is 10.1. The Morgan fingerprint density at radius 3 is 2.72 bits per heavy atom. The SMILES string of the molecule is O=C(NC1CC(F)(F)C1)c1cc2c([nH]1)CCCC2. The lowest BCUT2D eigenvalue weighted by Gasteiger charge is -2.35. The average molecular weight is 254 g/mol. The van der Waals surface area contributed by atoms with Crippen LogP contribution in [0.1, 0.15) is 47.4 Å². The van der Waals surface area contributed by atoms with E-state index in [0.29, 0.717) is 5.69 Å². The maximum Gasteiger partial charge on any atom is 0.267 e. The highest BCUT2D eigenvalue weighted by Crippen LogP contribution is 2.37. The number of carbonyl (C=O) groups excluding carboxylic acids is 1. The van der Waals surface area contributed by atoms with Gasteiger partial charge in [-0.25, -0.2) is 8.78 Å². The van der Waals surface area contributed by atoms with E-state index in [1.807, 2.05) is 6.07 Å². The quantitative estimate of drug-likeness (QED) is 0.836. The molecule has 0 radical (unpaired) electrons. The smallest absolute Gasteiger partial charge is 0.267 e. The third-order valence-corrected chi connectivity index (χ3v) is 3.78. The molecular formula is C13H16F2N2O. The van der Waals surface area contributed by atoms with E-state index < -0.39 is 5.92 Å². The van der Waals surface area contributed by atoms with Gasteiger partial charge in [0.15, 0.2) is 0 Å². The van der Waals surface area contributed by atoms with E-state index in [2.05, 4.69) is 10.3 Å². The van der Waals surface area contributed by atoms with Gasteiger partial charge in [0.05, 0.1) is 0 Å². The van der Waals surface area contributed by atoms with Crippen LogP contribution in [0.15, 0.2) is 6.07 Å². The molecule has 0 spiro atoms. The molecule has 0 unspecified atom stereocenters. The molecule has 3 rings (SSSR count). The topological polar surface area (TPSA) is 44.9 Å². The summed E-state index contributed by atoms with van der Waals surface area (Å²) in [5.41, 5.74) is 2.84. The Labute approximate surface area is 104 Å². The second kappa shape index (κ2) is 4.07. The number of rotatable bonds is 2. The van der Waals surface area contributed by atoms with Crippen molar-refractivity contribution in [2.24, 2.45) is 0 Å². The van der Waals surface area contributed by atoms with Crippen molar-refractivity contribution in [3.05, 3.63) is 23.0 Å². The molecule has 0 atom stereocenters. The molecule has 1 saturated carbocycles. The molecule has 2 aliphatic rings. The highest BCUT2D eigenvalue weighted by molar-refractivity contribution is 5.93. The van der Waals surface area contributed by atoms with Gasteiger partial charge < -0.3 is 10.3 Å². The molecule has 18 heavy (non-hydrogen) atoms. The Kier molecular flexibility index (Phi) is 2.64. The van der Waals surface area contributed by atoms with Crippen molar-refractivity contribution < 1.29 is 13.6 Å². The van der Waals surface area contributed by atoms with Crippen molar-refractivity contribution in [2.45, 2.75) is 50.5 Å². The normalized spacial score (nSPS) is 22.1. The van der Waals surface area contributed by atoms with Gasteiger partial charge in [0, 0.05) is 24.6 Å². The Morgan fingerprint density at radius 1 is 1.33 bits per heavy atom. The van der Waals surface area contributed by atoms with Gasteiger partial charge in [-0.2, -0.15) is 0 Å². The summed E-state index contributed by atoms with van der Waals surface area (Å²) >= 11 is 0. The van der Waals surface area contributed by atoms with E-state index in [-0.39, 0.29) is 24.8 Å². The predicted octanol–water partition coefficient (Wildman–Crippen LogP) is 2.42. The molecule has 1 amide bonds. The molecule has 2 aliphatic carbocycles. The number of aromatic amines is 1. The minimum atomic E-state index is -2.59. The Bertz CT molecular complexity index is 450. The van der Waals surface area contributed by atoms with Gasteiger partial charge in [-0.1, -0.05) is 0 Å². The first-order chi connectivity index (χ1) is 8.53. The number of nitrogens with one attached hydrogen (secondary N) is 2. The number of hydrogen-bond donors (Lipinski definition) is 2. The van der Waals surface area contributed by atoms with Crippen LogP contribution in [-0.2, 0) is 12.8 Å². The van der Waals surface area contributed by atoms with E-state index in [4.69, 9.17) is 0 Å². The molecule has 3 nitrogen and oxygen atoms in total. The second-order valence-electron chi connectivity index (χ2n) is 5.33. The number of alkyl halides is 2. The fraction of sp³-hybridized carbons (Fsp3) is 0.615. The minimum Gasteiger partial charge on any atom is -0.354 e. The summed E-state index contributed by atoms with van der Waals surface area (Å²) in [6, 6.07) is 1.48. The molecule has 1 aromatic heterocycles. The summed E-state index contributed by atoms with van der Waals surface area (Å²) in [7, 11) is 0. The zero-order valence-corrected chi connectivity index (χ0v) is 10.1. The van der Waals surface area contributed by atoms with Gasteiger partial charge >= 0.3 is 0 Å². The highest BCUT2D eigenvalue weighted by Gasteiger charge is 2.46. The minimum absolute atomic E-state index is 0.237. The van der Waals surface area contributed by atoms with Crippen LogP contribution in [0.3, 0.4) is 0 Å². The first-order valence-electron chi connectivity index (χ1n) is 6.43. The summed E-state index contributed by atoms with van der Waals surface area (Å²) in [6.07, 6.45) is 3.80. The van der Waals surface area contributed by atoms with Crippen LogP contribution in [0.25, 0.3) is 0 Å². The van der Waals surface area contributed by atoms with Gasteiger partial charge in [0.2, 0.25) is 0 Å². The lowest BCUT2D eigenvalue weighted by molar-refractivity contribution is -0.0901. The van der Waals surface area contributed by atoms with Crippen molar-refractivity contribution >= 4 is 5.91 Å². The van der Waals surface area contributed by atoms with E-state index in [0.717, 1.165) is 31.4 Å². The van der Waals surface area contributed by atoms with Crippen LogP contribution in [-0.4, -0.2) is 22.9 Å². The lowest BCUT2D eigenvalue weighted by Crippen LogP contribution is -2.50. The first-order valence-corrected chi connectivity index (χ1v) is 6.43.